The van der Waals surface area contributed by atoms with E-state index in [1.807, 2.05) is 0 Å². The van der Waals surface area contributed by atoms with E-state index in [1.54, 1.807) is 0 Å². The number of carbonyl (C=O) groups excluding carboxylic acids is 1. The molecule has 0 aliphatic carbocycles. The van der Waals surface area contributed by atoms with E-state index in [4.69, 9.17) is 5.73 Å². The molecule has 0 bridgehead atoms. The van der Waals surface area contributed by atoms with Gasteiger partial charge in [-0.05, 0) is 31.2 Å². The van der Waals surface area contributed by atoms with Gasteiger partial charge in [-0.2, -0.15) is 0 Å². The van der Waals surface area contributed by atoms with Crippen LogP contribution in [-0.2, 0) is 0 Å². The van der Waals surface area contributed by atoms with Crippen molar-refractivity contribution in [1.29, 1.82) is 0 Å². The number of halogens is 2. The molecular formula is C11H11F2NO3. The molecule has 1 aliphatic rings. The van der Waals surface area contributed by atoms with Gasteiger partial charge in [-0.25, -0.2) is 0 Å². The van der Waals surface area contributed by atoms with Gasteiger partial charge in [0.2, 0.25) is 0 Å². The topological polar surface area (TPSA) is 61.6 Å². The first kappa shape index (κ1) is 11.8. The minimum Gasteiger partial charge on any atom is -0.395 e. The van der Waals surface area contributed by atoms with Gasteiger partial charge in [0, 0.05) is 12.0 Å². The lowest BCUT2D eigenvalue weighted by Crippen LogP contribution is -2.25. The van der Waals surface area contributed by atoms with Crippen molar-refractivity contribution in [3.8, 4) is 11.5 Å². The molecular weight excluding hydrogens is 232 g/mol. The summed E-state index contributed by atoms with van der Waals surface area (Å²) in [5.74, 6) is -0.337. The van der Waals surface area contributed by atoms with Crippen LogP contribution >= 0.6 is 0 Å². The van der Waals surface area contributed by atoms with E-state index >= 15 is 0 Å². The number of rotatable bonds is 4. The lowest BCUT2D eigenvalue weighted by molar-refractivity contribution is -0.286. The molecule has 2 rings (SSSR count). The van der Waals surface area contributed by atoms with E-state index in [0.717, 1.165) is 0 Å². The van der Waals surface area contributed by atoms with E-state index in [1.165, 1.54) is 18.2 Å². The van der Waals surface area contributed by atoms with Crippen molar-refractivity contribution in [1.82, 2.24) is 0 Å². The van der Waals surface area contributed by atoms with Gasteiger partial charge in [-0.1, -0.05) is 0 Å². The molecule has 0 atom stereocenters. The third-order valence-electron chi connectivity index (χ3n) is 2.33. The summed E-state index contributed by atoms with van der Waals surface area (Å²) < 4.78 is 33.9. The highest BCUT2D eigenvalue weighted by molar-refractivity contribution is 5.96. The Labute approximate surface area is 96.3 Å². The number of hydrogen-bond acceptors (Lipinski definition) is 4. The zero-order chi connectivity index (χ0) is 12.5. The Bertz CT molecular complexity index is 448. The van der Waals surface area contributed by atoms with E-state index in [0.29, 0.717) is 18.5 Å². The number of benzene rings is 1. The van der Waals surface area contributed by atoms with Crippen molar-refractivity contribution in [2.75, 3.05) is 6.54 Å². The van der Waals surface area contributed by atoms with Crippen LogP contribution in [0.1, 0.15) is 23.2 Å². The molecule has 1 aromatic rings. The van der Waals surface area contributed by atoms with Gasteiger partial charge in [-0.15, -0.1) is 8.78 Å². The Morgan fingerprint density at radius 3 is 2.71 bits per heavy atom. The number of alkyl halides is 2. The quantitative estimate of drug-likeness (QED) is 0.821. The Morgan fingerprint density at radius 1 is 1.29 bits per heavy atom. The van der Waals surface area contributed by atoms with Crippen LogP contribution in [0.15, 0.2) is 18.2 Å². The number of carbonyl (C=O) groups is 1. The van der Waals surface area contributed by atoms with Gasteiger partial charge in [0.05, 0.1) is 0 Å². The van der Waals surface area contributed by atoms with Crippen molar-refractivity contribution in [3.05, 3.63) is 23.8 Å². The van der Waals surface area contributed by atoms with Crippen LogP contribution in [0.25, 0.3) is 0 Å². The van der Waals surface area contributed by atoms with Crippen LogP contribution in [-0.4, -0.2) is 18.6 Å². The molecule has 0 amide bonds. The maximum absolute atomic E-state index is 12.7. The van der Waals surface area contributed by atoms with Crippen molar-refractivity contribution in [3.63, 3.8) is 0 Å². The predicted molar refractivity (Wildman–Crippen MR) is 55.3 cm³/mol. The third kappa shape index (κ3) is 2.52. The zero-order valence-corrected chi connectivity index (χ0v) is 8.91. The van der Waals surface area contributed by atoms with E-state index in [-0.39, 0.29) is 23.7 Å². The molecule has 1 aromatic carbocycles. The van der Waals surface area contributed by atoms with E-state index < -0.39 is 6.29 Å². The fraction of sp³-hybridized carbons (Fsp3) is 0.364. The summed E-state index contributed by atoms with van der Waals surface area (Å²) in [6.07, 6.45) is -2.81. The monoisotopic (exact) mass is 243 g/mol. The molecule has 2 N–H and O–H groups in total. The summed E-state index contributed by atoms with van der Waals surface area (Å²) in [6.45, 7) is 0.411. The highest BCUT2D eigenvalue weighted by atomic mass is 19.3. The van der Waals surface area contributed by atoms with Crippen molar-refractivity contribution >= 4 is 5.78 Å². The molecule has 4 nitrogen and oxygen atoms in total. The largest absolute Gasteiger partial charge is 0.586 e. The van der Waals surface area contributed by atoms with Crippen LogP contribution in [0.4, 0.5) is 8.78 Å². The Kier molecular flexibility index (Phi) is 2.97. The molecule has 0 saturated carbocycles. The maximum Gasteiger partial charge on any atom is 0.586 e. The SMILES string of the molecule is NCCCC(=O)c1ccc2c(c1)OC(F)(F)O2. The van der Waals surface area contributed by atoms with Gasteiger partial charge in [0.1, 0.15) is 0 Å². The Morgan fingerprint density at radius 2 is 2.00 bits per heavy atom. The number of nitrogens with two attached hydrogens (primary N) is 1. The minimum atomic E-state index is -3.65. The molecule has 0 radical (unpaired) electrons. The summed E-state index contributed by atoms with van der Waals surface area (Å²) in [7, 11) is 0. The number of fused-ring (bicyclic) bond motifs is 1. The molecule has 17 heavy (non-hydrogen) atoms. The van der Waals surface area contributed by atoms with Crippen LogP contribution in [0.5, 0.6) is 11.5 Å². The molecule has 0 unspecified atom stereocenters. The number of hydrogen-bond donors (Lipinski definition) is 1. The summed E-state index contributed by atoms with van der Waals surface area (Å²) in [5.41, 5.74) is 5.60. The van der Waals surface area contributed by atoms with Gasteiger partial charge >= 0.3 is 6.29 Å². The highest BCUT2D eigenvalue weighted by Crippen LogP contribution is 2.41. The van der Waals surface area contributed by atoms with Crippen molar-refractivity contribution < 1.29 is 23.0 Å². The summed E-state index contributed by atoms with van der Waals surface area (Å²) in [4.78, 5) is 11.6. The van der Waals surface area contributed by atoms with Gasteiger partial charge in [0.15, 0.2) is 17.3 Å². The summed E-state index contributed by atoms with van der Waals surface area (Å²) >= 11 is 0. The first-order chi connectivity index (χ1) is 8.02. The lowest BCUT2D eigenvalue weighted by atomic mass is 10.1. The fourth-order valence-corrected chi connectivity index (χ4v) is 1.53. The zero-order valence-electron chi connectivity index (χ0n) is 8.91. The van der Waals surface area contributed by atoms with E-state index in [9.17, 15) is 13.6 Å². The van der Waals surface area contributed by atoms with E-state index in [2.05, 4.69) is 9.47 Å². The van der Waals surface area contributed by atoms with Crippen molar-refractivity contribution in [2.45, 2.75) is 19.1 Å². The van der Waals surface area contributed by atoms with Crippen LogP contribution in [0.3, 0.4) is 0 Å². The second kappa shape index (κ2) is 4.29. The van der Waals surface area contributed by atoms with Gasteiger partial charge in [0.25, 0.3) is 0 Å². The standard InChI is InChI=1S/C11H11F2NO3/c12-11(13)16-9-4-3-7(6-10(9)17-11)8(15)2-1-5-14/h3-4,6H,1-2,5,14H2. The summed E-state index contributed by atoms with van der Waals surface area (Å²) in [5, 5.41) is 0. The normalized spacial score (nSPS) is 15.9. The second-order valence-electron chi connectivity index (χ2n) is 3.64. The van der Waals surface area contributed by atoms with Gasteiger partial charge in [-0.3, -0.25) is 4.79 Å². The van der Waals surface area contributed by atoms with Crippen LogP contribution in [0, 0.1) is 0 Å². The maximum atomic E-state index is 12.7. The lowest BCUT2D eigenvalue weighted by Gasteiger charge is -2.04. The van der Waals surface area contributed by atoms with Crippen molar-refractivity contribution in [2.24, 2.45) is 5.73 Å². The smallest absolute Gasteiger partial charge is 0.395 e. The Hall–Kier alpha value is -1.69. The molecule has 0 fully saturated rings. The molecule has 0 spiro atoms. The number of ketones is 1. The molecule has 0 saturated heterocycles. The first-order valence-electron chi connectivity index (χ1n) is 5.15. The minimum absolute atomic E-state index is 0.0645. The molecule has 92 valence electrons. The Balaban J connectivity index is 2.16. The van der Waals surface area contributed by atoms with Gasteiger partial charge < -0.3 is 15.2 Å². The highest BCUT2D eigenvalue weighted by Gasteiger charge is 2.43. The molecule has 1 aliphatic heterocycles. The molecule has 0 aromatic heterocycles. The number of Topliss-reactive ketones (excluding diaryl/α,β-unsaturated/α-hetero) is 1. The van der Waals surface area contributed by atoms with Crippen LogP contribution in [0.2, 0.25) is 0 Å². The fourth-order valence-electron chi connectivity index (χ4n) is 1.53. The van der Waals surface area contributed by atoms with Crippen LogP contribution < -0.4 is 15.2 Å². The average Bonchev–Trinajstić information content (AvgIpc) is 2.58. The third-order valence-corrected chi connectivity index (χ3v) is 2.33. The molecule has 6 heteroatoms. The number of ether oxygens (including phenoxy) is 2. The summed E-state index contributed by atoms with van der Waals surface area (Å²) in [6, 6.07) is 3.99. The average molecular weight is 243 g/mol. The molecule has 1 heterocycles. The predicted octanol–water partition coefficient (Wildman–Crippen LogP) is 1.93. The first-order valence-corrected chi connectivity index (χ1v) is 5.15. The second-order valence-corrected chi connectivity index (χ2v) is 3.64.